The molecule has 5 nitrogen and oxygen atoms in total. The average Bonchev–Trinajstić information content (AvgIpc) is 3.33. The summed E-state index contributed by atoms with van der Waals surface area (Å²) in [6.45, 7) is 0. The number of halogens is 2. The van der Waals surface area contributed by atoms with Crippen LogP contribution < -0.4 is 16.4 Å². The Bertz CT molecular complexity index is 620. The molecular weight excluding hydrogens is 349 g/mol. The van der Waals surface area contributed by atoms with Crippen LogP contribution in [0.3, 0.4) is 0 Å². The number of hydrogen-bond acceptors (Lipinski definition) is 3. The number of nitrogens with one attached hydrogen (secondary N) is 2. The van der Waals surface area contributed by atoms with Gasteiger partial charge in [-0.3, -0.25) is 9.59 Å². The van der Waals surface area contributed by atoms with E-state index in [1.165, 1.54) is 0 Å². The van der Waals surface area contributed by atoms with Crippen molar-refractivity contribution in [2.45, 2.75) is 50.6 Å². The van der Waals surface area contributed by atoms with Gasteiger partial charge in [0.2, 0.25) is 5.91 Å². The monoisotopic (exact) mass is 371 g/mol. The molecule has 2 atom stereocenters. The number of amides is 2. The average molecular weight is 372 g/mol. The molecule has 0 bridgehead atoms. The minimum Gasteiger partial charge on any atom is -0.349 e. The van der Waals surface area contributed by atoms with Crippen molar-refractivity contribution < 1.29 is 9.59 Å². The fraction of sp³-hybridized carbons (Fsp3) is 0.529. The Morgan fingerprint density at radius 3 is 2.58 bits per heavy atom. The molecule has 2 aliphatic rings. The normalized spacial score (nSPS) is 23.1. The van der Waals surface area contributed by atoms with Crippen molar-refractivity contribution in [2.24, 2.45) is 11.7 Å². The minimum absolute atomic E-state index is 0. The summed E-state index contributed by atoms with van der Waals surface area (Å²) in [4.78, 5) is 24.5. The van der Waals surface area contributed by atoms with Crippen molar-refractivity contribution in [2.75, 3.05) is 5.32 Å². The van der Waals surface area contributed by atoms with E-state index in [-0.39, 0.29) is 42.2 Å². The van der Waals surface area contributed by atoms with Crippen LogP contribution in [-0.4, -0.2) is 23.9 Å². The SMILES string of the molecule is Cl.NC1CCCC(C(=O)Nc2ccc(Cl)c(C(=O)NC3CC3)c2)C1. The van der Waals surface area contributed by atoms with Crippen LogP contribution >= 0.6 is 24.0 Å². The topological polar surface area (TPSA) is 84.2 Å². The Balaban J connectivity index is 0.00000208. The van der Waals surface area contributed by atoms with Gasteiger partial charge in [-0.25, -0.2) is 0 Å². The predicted octanol–water partition coefficient (Wildman–Crippen LogP) is 3.11. The van der Waals surface area contributed by atoms with E-state index in [0.29, 0.717) is 22.7 Å². The molecule has 1 aromatic carbocycles. The molecule has 2 amide bonds. The Hall–Kier alpha value is -1.30. The first-order valence-corrected chi connectivity index (χ1v) is 8.57. The van der Waals surface area contributed by atoms with E-state index in [1.807, 2.05) is 0 Å². The summed E-state index contributed by atoms with van der Waals surface area (Å²) in [5, 5.41) is 6.19. The maximum Gasteiger partial charge on any atom is 0.253 e. The van der Waals surface area contributed by atoms with Gasteiger partial charge in [0.15, 0.2) is 0 Å². The summed E-state index contributed by atoms with van der Waals surface area (Å²) in [5.41, 5.74) is 6.94. The van der Waals surface area contributed by atoms with Crippen LogP contribution in [0.4, 0.5) is 5.69 Å². The highest BCUT2D eigenvalue weighted by Gasteiger charge is 2.27. The van der Waals surface area contributed by atoms with Crippen LogP contribution in [0, 0.1) is 5.92 Å². The third kappa shape index (κ3) is 4.85. The van der Waals surface area contributed by atoms with Gasteiger partial charge in [-0.1, -0.05) is 18.0 Å². The molecule has 0 spiro atoms. The van der Waals surface area contributed by atoms with Gasteiger partial charge in [0, 0.05) is 23.7 Å². The zero-order valence-electron chi connectivity index (χ0n) is 13.4. The van der Waals surface area contributed by atoms with Crippen LogP contribution in [0.5, 0.6) is 0 Å². The molecular formula is C17H23Cl2N3O2. The van der Waals surface area contributed by atoms with E-state index in [2.05, 4.69) is 10.6 Å². The third-order valence-electron chi connectivity index (χ3n) is 4.48. The molecule has 4 N–H and O–H groups in total. The smallest absolute Gasteiger partial charge is 0.253 e. The van der Waals surface area contributed by atoms with E-state index in [1.54, 1.807) is 18.2 Å². The van der Waals surface area contributed by atoms with E-state index < -0.39 is 0 Å². The van der Waals surface area contributed by atoms with E-state index >= 15 is 0 Å². The van der Waals surface area contributed by atoms with E-state index in [0.717, 1.165) is 32.1 Å². The summed E-state index contributed by atoms with van der Waals surface area (Å²) in [7, 11) is 0. The lowest BCUT2D eigenvalue weighted by atomic mass is 9.85. The van der Waals surface area contributed by atoms with Gasteiger partial charge in [-0.15, -0.1) is 12.4 Å². The molecule has 0 heterocycles. The van der Waals surface area contributed by atoms with Crippen molar-refractivity contribution in [3.63, 3.8) is 0 Å². The van der Waals surface area contributed by atoms with E-state index in [9.17, 15) is 9.59 Å². The summed E-state index contributed by atoms with van der Waals surface area (Å²) >= 11 is 6.11. The summed E-state index contributed by atoms with van der Waals surface area (Å²) in [6.07, 6.45) is 5.57. The maximum atomic E-state index is 12.4. The largest absolute Gasteiger partial charge is 0.349 e. The number of nitrogens with two attached hydrogens (primary N) is 1. The summed E-state index contributed by atoms with van der Waals surface area (Å²) in [6, 6.07) is 5.37. The highest BCUT2D eigenvalue weighted by atomic mass is 35.5. The first-order chi connectivity index (χ1) is 11.0. The van der Waals surface area contributed by atoms with Gasteiger partial charge in [-0.05, 0) is 50.3 Å². The summed E-state index contributed by atoms with van der Waals surface area (Å²) in [5.74, 6) is -0.275. The Morgan fingerprint density at radius 1 is 1.17 bits per heavy atom. The van der Waals surface area contributed by atoms with Gasteiger partial charge >= 0.3 is 0 Å². The molecule has 2 fully saturated rings. The molecule has 7 heteroatoms. The Labute approximate surface area is 153 Å². The molecule has 0 saturated heterocycles. The second-order valence-electron chi connectivity index (χ2n) is 6.56. The van der Waals surface area contributed by atoms with E-state index in [4.69, 9.17) is 17.3 Å². The lowest BCUT2D eigenvalue weighted by molar-refractivity contribution is -0.120. The molecule has 1 aromatic rings. The number of carbonyl (C=O) groups excluding carboxylic acids is 2. The quantitative estimate of drug-likeness (QED) is 0.759. The van der Waals surface area contributed by atoms with Crippen LogP contribution in [-0.2, 0) is 4.79 Å². The molecule has 0 radical (unpaired) electrons. The first kappa shape index (κ1) is 19.0. The molecule has 24 heavy (non-hydrogen) atoms. The maximum absolute atomic E-state index is 12.4. The number of carbonyl (C=O) groups is 2. The molecule has 132 valence electrons. The van der Waals surface area contributed by atoms with Crippen molar-refractivity contribution in [1.82, 2.24) is 5.32 Å². The number of rotatable bonds is 4. The Morgan fingerprint density at radius 2 is 1.92 bits per heavy atom. The molecule has 2 aliphatic carbocycles. The van der Waals surface area contributed by atoms with Crippen molar-refractivity contribution in [3.8, 4) is 0 Å². The van der Waals surface area contributed by atoms with Crippen LogP contribution in [0.1, 0.15) is 48.9 Å². The fourth-order valence-corrected chi connectivity index (χ4v) is 3.18. The second kappa shape index (κ2) is 8.19. The molecule has 2 unspecified atom stereocenters. The standard InChI is InChI=1S/C17H22ClN3O2.ClH/c18-15-7-6-13(9-14(15)17(23)20-12-4-5-12)21-16(22)10-2-1-3-11(19)8-10;/h6-7,9-12H,1-5,8,19H2,(H,20,23)(H,21,22);1H. The van der Waals surface area contributed by atoms with Crippen molar-refractivity contribution >= 4 is 41.5 Å². The van der Waals surface area contributed by atoms with Gasteiger partial charge in [0.25, 0.3) is 5.91 Å². The van der Waals surface area contributed by atoms with Crippen molar-refractivity contribution in [1.29, 1.82) is 0 Å². The zero-order valence-corrected chi connectivity index (χ0v) is 15.0. The predicted molar refractivity (Wildman–Crippen MR) is 97.8 cm³/mol. The fourth-order valence-electron chi connectivity index (χ4n) is 2.98. The minimum atomic E-state index is -0.187. The van der Waals surface area contributed by atoms with Crippen LogP contribution in [0.2, 0.25) is 5.02 Å². The number of benzene rings is 1. The van der Waals surface area contributed by atoms with Crippen molar-refractivity contribution in [3.05, 3.63) is 28.8 Å². The lowest BCUT2D eigenvalue weighted by Gasteiger charge is -2.25. The number of anilines is 1. The van der Waals surface area contributed by atoms with Crippen LogP contribution in [0.15, 0.2) is 18.2 Å². The molecule has 0 aromatic heterocycles. The molecule has 0 aliphatic heterocycles. The zero-order chi connectivity index (χ0) is 16.4. The van der Waals surface area contributed by atoms with Gasteiger partial charge < -0.3 is 16.4 Å². The second-order valence-corrected chi connectivity index (χ2v) is 6.96. The molecule has 2 saturated carbocycles. The van der Waals surface area contributed by atoms with Gasteiger partial charge in [0.1, 0.15) is 0 Å². The van der Waals surface area contributed by atoms with Crippen LogP contribution in [0.25, 0.3) is 0 Å². The number of hydrogen-bond donors (Lipinski definition) is 3. The van der Waals surface area contributed by atoms with Gasteiger partial charge in [0.05, 0.1) is 10.6 Å². The highest BCUT2D eigenvalue weighted by molar-refractivity contribution is 6.34. The Kier molecular flexibility index (Phi) is 6.49. The highest BCUT2D eigenvalue weighted by Crippen LogP contribution is 2.27. The van der Waals surface area contributed by atoms with Gasteiger partial charge in [-0.2, -0.15) is 0 Å². The summed E-state index contributed by atoms with van der Waals surface area (Å²) < 4.78 is 0. The molecule has 3 rings (SSSR count). The third-order valence-corrected chi connectivity index (χ3v) is 4.81. The first-order valence-electron chi connectivity index (χ1n) is 8.20. The lowest BCUT2D eigenvalue weighted by Crippen LogP contribution is -2.34.